The van der Waals surface area contributed by atoms with Crippen LogP contribution in [0, 0.1) is 0 Å². The highest BCUT2D eigenvalue weighted by atomic mass is 16.4. The van der Waals surface area contributed by atoms with Crippen molar-refractivity contribution >= 4 is 5.97 Å². The quantitative estimate of drug-likeness (QED) is 0.626. The molecule has 0 heterocycles. The van der Waals surface area contributed by atoms with Crippen LogP contribution in [-0.4, -0.2) is 60.6 Å². The molecule has 0 aromatic rings. The minimum Gasteiger partial charge on any atom is -0.480 e. The van der Waals surface area contributed by atoms with Crippen molar-refractivity contribution in [1.29, 1.82) is 0 Å². The molecular formula is C9H20N2O2. The minimum absolute atomic E-state index is 0.147. The molecule has 0 saturated heterocycles. The lowest BCUT2D eigenvalue weighted by Gasteiger charge is -2.21. The monoisotopic (exact) mass is 188 g/mol. The Morgan fingerprint density at radius 3 is 2.23 bits per heavy atom. The van der Waals surface area contributed by atoms with Gasteiger partial charge in [-0.25, -0.2) is 0 Å². The molecule has 0 aliphatic carbocycles. The fourth-order valence-corrected chi connectivity index (χ4v) is 1.01. The van der Waals surface area contributed by atoms with Gasteiger partial charge in [0.25, 0.3) is 0 Å². The first-order valence-electron chi connectivity index (χ1n) is 4.72. The fraction of sp³-hybridized carbons (Fsp3) is 0.889. The second kappa shape index (κ2) is 6.86. The molecule has 13 heavy (non-hydrogen) atoms. The first-order valence-corrected chi connectivity index (χ1v) is 4.72. The van der Waals surface area contributed by atoms with Crippen molar-refractivity contribution in [2.75, 3.05) is 39.8 Å². The summed E-state index contributed by atoms with van der Waals surface area (Å²) in [6.45, 7) is 7.77. The van der Waals surface area contributed by atoms with Crippen LogP contribution in [0.2, 0.25) is 0 Å². The lowest BCUT2D eigenvalue weighted by molar-refractivity contribution is -0.138. The van der Waals surface area contributed by atoms with Crippen LogP contribution in [0.1, 0.15) is 13.8 Å². The summed E-state index contributed by atoms with van der Waals surface area (Å²) in [5.41, 5.74) is 0. The van der Waals surface area contributed by atoms with E-state index < -0.39 is 5.97 Å². The maximum Gasteiger partial charge on any atom is 0.317 e. The smallest absolute Gasteiger partial charge is 0.317 e. The highest BCUT2D eigenvalue weighted by molar-refractivity contribution is 5.69. The number of carboxylic acids is 1. The molecular weight excluding hydrogens is 168 g/mol. The molecule has 0 aromatic carbocycles. The summed E-state index contributed by atoms with van der Waals surface area (Å²) in [5, 5.41) is 8.58. The van der Waals surface area contributed by atoms with E-state index in [1.165, 1.54) is 0 Å². The molecule has 4 nitrogen and oxygen atoms in total. The lowest BCUT2D eigenvalue weighted by atomic mass is 10.4. The van der Waals surface area contributed by atoms with E-state index in [-0.39, 0.29) is 6.54 Å². The largest absolute Gasteiger partial charge is 0.480 e. The van der Waals surface area contributed by atoms with Crippen molar-refractivity contribution in [1.82, 2.24) is 9.80 Å². The van der Waals surface area contributed by atoms with Crippen molar-refractivity contribution in [2.24, 2.45) is 0 Å². The Balaban J connectivity index is 3.65. The van der Waals surface area contributed by atoms with Gasteiger partial charge in [-0.15, -0.1) is 0 Å². The number of nitrogens with zero attached hydrogens (tertiary/aromatic N) is 2. The number of rotatable bonds is 7. The first-order chi connectivity index (χ1) is 6.10. The summed E-state index contributed by atoms with van der Waals surface area (Å²) >= 11 is 0. The molecule has 0 fully saturated rings. The van der Waals surface area contributed by atoms with Crippen LogP contribution in [0.5, 0.6) is 0 Å². The van der Waals surface area contributed by atoms with Crippen LogP contribution >= 0.6 is 0 Å². The predicted octanol–water partition coefficient (Wildman–Crippen LogP) is 0.345. The third-order valence-electron chi connectivity index (χ3n) is 2.14. The zero-order chi connectivity index (χ0) is 10.3. The van der Waals surface area contributed by atoms with Crippen molar-refractivity contribution in [2.45, 2.75) is 13.8 Å². The molecule has 0 amide bonds. The molecule has 0 aromatic heterocycles. The van der Waals surface area contributed by atoms with Gasteiger partial charge in [0.05, 0.1) is 6.54 Å². The number of carbonyl (C=O) groups is 1. The van der Waals surface area contributed by atoms with Gasteiger partial charge < -0.3 is 10.0 Å². The fourth-order valence-electron chi connectivity index (χ4n) is 1.01. The van der Waals surface area contributed by atoms with Crippen molar-refractivity contribution < 1.29 is 9.90 Å². The van der Waals surface area contributed by atoms with Gasteiger partial charge in [0, 0.05) is 13.1 Å². The van der Waals surface area contributed by atoms with Gasteiger partial charge in [-0.05, 0) is 20.1 Å². The van der Waals surface area contributed by atoms with Crippen LogP contribution in [0.4, 0.5) is 0 Å². The van der Waals surface area contributed by atoms with Gasteiger partial charge in [0.1, 0.15) is 0 Å². The molecule has 0 atom stereocenters. The Kier molecular flexibility index (Phi) is 6.54. The van der Waals surface area contributed by atoms with Crippen LogP contribution in [0.25, 0.3) is 0 Å². The van der Waals surface area contributed by atoms with E-state index in [1.54, 1.807) is 0 Å². The van der Waals surface area contributed by atoms with Crippen molar-refractivity contribution in [3.8, 4) is 0 Å². The summed E-state index contributed by atoms with van der Waals surface area (Å²) in [5.74, 6) is -0.749. The number of aliphatic carboxylic acids is 1. The molecule has 0 radical (unpaired) electrons. The molecule has 4 heteroatoms. The van der Waals surface area contributed by atoms with E-state index in [1.807, 2.05) is 18.9 Å². The van der Waals surface area contributed by atoms with Crippen LogP contribution in [0.3, 0.4) is 0 Å². The van der Waals surface area contributed by atoms with Crippen LogP contribution in [-0.2, 0) is 4.79 Å². The highest BCUT2D eigenvalue weighted by Gasteiger charge is 2.07. The molecule has 0 rings (SSSR count). The molecule has 0 aliphatic heterocycles. The van der Waals surface area contributed by atoms with E-state index in [4.69, 9.17) is 5.11 Å². The third-order valence-corrected chi connectivity index (χ3v) is 2.14. The summed E-state index contributed by atoms with van der Waals surface area (Å²) < 4.78 is 0. The molecule has 1 N–H and O–H groups in total. The number of hydrogen-bond donors (Lipinski definition) is 1. The second-order valence-electron chi connectivity index (χ2n) is 3.16. The van der Waals surface area contributed by atoms with Gasteiger partial charge in [0.2, 0.25) is 0 Å². The van der Waals surface area contributed by atoms with E-state index in [0.29, 0.717) is 0 Å². The topological polar surface area (TPSA) is 43.8 Å². The maximum atomic E-state index is 10.4. The maximum absolute atomic E-state index is 10.4. The zero-order valence-corrected chi connectivity index (χ0v) is 8.79. The standard InChI is InChI=1S/C9H20N2O2/c1-4-10(3)6-7-11(5-2)8-9(12)13/h4-8H2,1-3H3,(H,12,13). The Morgan fingerprint density at radius 1 is 1.23 bits per heavy atom. The van der Waals surface area contributed by atoms with Crippen molar-refractivity contribution in [3.05, 3.63) is 0 Å². The number of likely N-dealkylation sites (N-methyl/N-ethyl adjacent to an activating group) is 2. The normalized spacial score (nSPS) is 11.2. The van der Waals surface area contributed by atoms with Gasteiger partial charge in [-0.1, -0.05) is 13.8 Å². The van der Waals surface area contributed by atoms with Gasteiger partial charge in [0.15, 0.2) is 0 Å². The van der Waals surface area contributed by atoms with Gasteiger partial charge in [-0.3, -0.25) is 9.69 Å². The van der Waals surface area contributed by atoms with E-state index in [2.05, 4.69) is 11.8 Å². The Labute approximate surface area is 80.1 Å². The summed E-state index contributed by atoms with van der Waals surface area (Å²) in [7, 11) is 2.04. The lowest BCUT2D eigenvalue weighted by Crippen LogP contribution is -2.36. The Morgan fingerprint density at radius 2 is 1.85 bits per heavy atom. The van der Waals surface area contributed by atoms with E-state index in [0.717, 1.165) is 26.2 Å². The molecule has 0 spiro atoms. The first kappa shape index (κ1) is 12.4. The average molecular weight is 188 g/mol. The van der Waals surface area contributed by atoms with E-state index >= 15 is 0 Å². The average Bonchev–Trinajstić information content (AvgIpc) is 2.10. The molecule has 78 valence electrons. The molecule has 0 aliphatic rings. The Bertz CT molecular complexity index is 151. The van der Waals surface area contributed by atoms with Gasteiger partial charge in [-0.2, -0.15) is 0 Å². The summed E-state index contributed by atoms with van der Waals surface area (Å²) in [4.78, 5) is 14.5. The Hall–Kier alpha value is -0.610. The van der Waals surface area contributed by atoms with E-state index in [9.17, 15) is 4.79 Å². The van der Waals surface area contributed by atoms with Gasteiger partial charge >= 0.3 is 5.97 Å². The zero-order valence-electron chi connectivity index (χ0n) is 8.79. The highest BCUT2D eigenvalue weighted by Crippen LogP contribution is 1.89. The SMILES string of the molecule is CCN(C)CCN(CC)CC(=O)O. The summed E-state index contributed by atoms with van der Waals surface area (Å²) in [6, 6.07) is 0. The molecule has 0 saturated carbocycles. The second-order valence-corrected chi connectivity index (χ2v) is 3.16. The van der Waals surface area contributed by atoms with Crippen LogP contribution in [0.15, 0.2) is 0 Å². The third kappa shape index (κ3) is 6.54. The van der Waals surface area contributed by atoms with Crippen LogP contribution < -0.4 is 0 Å². The number of carboxylic acid groups (broad SMARTS) is 1. The minimum atomic E-state index is -0.749. The number of hydrogen-bond acceptors (Lipinski definition) is 3. The molecule has 0 bridgehead atoms. The predicted molar refractivity (Wildman–Crippen MR) is 52.9 cm³/mol. The molecule has 0 unspecified atom stereocenters. The summed E-state index contributed by atoms with van der Waals surface area (Å²) in [6.07, 6.45) is 0. The van der Waals surface area contributed by atoms with Crippen molar-refractivity contribution in [3.63, 3.8) is 0 Å².